The summed E-state index contributed by atoms with van der Waals surface area (Å²) in [6.07, 6.45) is 4.05. The second kappa shape index (κ2) is 13.1. The van der Waals surface area contributed by atoms with Crippen LogP contribution in [0.2, 0.25) is 15.2 Å². The molecular weight excluding hydrogens is 619 g/mol. The van der Waals surface area contributed by atoms with Gasteiger partial charge in [-0.1, -0.05) is 46.9 Å². The number of nitrogens with zero attached hydrogens (tertiary/aromatic N) is 6. The Labute approximate surface area is 259 Å². The number of rotatable bonds is 9. The molecule has 0 aliphatic rings. The Bertz CT molecular complexity index is 1780. The van der Waals surface area contributed by atoms with E-state index in [4.69, 9.17) is 39.8 Å². The third-order valence-corrected chi connectivity index (χ3v) is 7.27. The number of tetrazole rings is 1. The zero-order valence-electron chi connectivity index (χ0n) is 22.6. The molecule has 5 rings (SSSR count). The van der Waals surface area contributed by atoms with Gasteiger partial charge in [0, 0.05) is 34.3 Å². The van der Waals surface area contributed by atoms with Gasteiger partial charge in [0.1, 0.15) is 23.0 Å². The molecule has 1 unspecified atom stereocenters. The molecule has 3 heterocycles. The van der Waals surface area contributed by atoms with E-state index < -0.39 is 18.0 Å². The summed E-state index contributed by atoms with van der Waals surface area (Å²) in [7, 11) is 1.28. The first-order chi connectivity index (χ1) is 20.7. The van der Waals surface area contributed by atoms with E-state index in [1.165, 1.54) is 24.2 Å². The fourth-order valence-electron chi connectivity index (χ4n) is 4.15. The molecule has 0 bridgehead atoms. The first-order valence-corrected chi connectivity index (χ1v) is 13.8. The fraction of sp³-hybridized carbons (Fsp3) is 0.148. The third kappa shape index (κ3) is 7.02. The Hall–Kier alpha value is -4.72. The molecule has 4 N–H and O–H groups in total. The molecule has 0 aliphatic carbocycles. The first-order valence-electron chi connectivity index (χ1n) is 12.6. The van der Waals surface area contributed by atoms with Crippen molar-refractivity contribution in [3.63, 3.8) is 0 Å². The van der Waals surface area contributed by atoms with Crippen molar-refractivity contribution in [1.82, 2.24) is 45.7 Å². The molecule has 43 heavy (non-hydrogen) atoms. The Morgan fingerprint density at radius 1 is 1.14 bits per heavy atom. The summed E-state index contributed by atoms with van der Waals surface area (Å²) in [5.41, 5.74) is 4.14. The lowest BCUT2D eigenvalue weighted by molar-refractivity contribution is -0.117. The minimum absolute atomic E-state index is 0.234. The Morgan fingerprint density at radius 3 is 2.60 bits per heavy atom. The summed E-state index contributed by atoms with van der Waals surface area (Å²) in [4.78, 5) is 32.5. The second-order valence-corrected chi connectivity index (χ2v) is 10.3. The largest absolute Gasteiger partial charge is 0.453 e. The number of carbonyl (C=O) groups excluding carboxylic acids is 2. The predicted octanol–water partition coefficient (Wildman–Crippen LogP) is 5.34. The van der Waals surface area contributed by atoms with Crippen molar-refractivity contribution in [2.75, 3.05) is 12.4 Å². The van der Waals surface area contributed by atoms with Gasteiger partial charge in [-0.2, -0.15) is 9.78 Å². The lowest BCUT2D eigenvalue weighted by Gasteiger charge is -2.15. The maximum absolute atomic E-state index is 13.2. The van der Waals surface area contributed by atoms with E-state index in [9.17, 15) is 9.59 Å². The fourth-order valence-corrected chi connectivity index (χ4v) is 4.74. The number of H-pyrrole nitrogens is 2. The van der Waals surface area contributed by atoms with Crippen LogP contribution in [-0.2, 0) is 16.0 Å². The van der Waals surface area contributed by atoms with Crippen LogP contribution >= 0.6 is 34.8 Å². The number of nitrogens with one attached hydrogen (secondary N) is 4. The quantitative estimate of drug-likeness (QED) is 0.157. The highest BCUT2D eigenvalue weighted by Gasteiger charge is 2.23. The highest BCUT2D eigenvalue weighted by Crippen LogP contribution is 2.30. The average molecular weight is 642 g/mol. The number of ether oxygens (including phenoxy) is 1. The normalized spacial score (nSPS) is 11.9. The van der Waals surface area contributed by atoms with Crippen LogP contribution < -0.4 is 10.6 Å². The summed E-state index contributed by atoms with van der Waals surface area (Å²) in [6, 6.07) is 11.3. The molecule has 0 spiro atoms. The number of hydrogen-bond donors (Lipinski definition) is 4. The van der Waals surface area contributed by atoms with E-state index in [0.717, 1.165) is 0 Å². The molecule has 13 nitrogen and oxygen atoms in total. The monoisotopic (exact) mass is 640 g/mol. The van der Waals surface area contributed by atoms with Crippen LogP contribution in [0.4, 0.5) is 10.5 Å². The van der Waals surface area contributed by atoms with Gasteiger partial charge < -0.3 is 15.0 Å². The summed E-state index contributed by atoms with van der Waals surface area (Å²) >= 11 is 19.2. The van der Waals surface area contributed by atoms with Gasteiger partial charge in [-0.3, -0.25) is 15.2 Å². The van der Waals surface area contributed by atoms with E-state index in [-0.39, 0.29) is 11.6 Å². The van der Waals surface area contributed by atoms with Crippen LogP contribution in [0.25, 0.3) is 23.0 Å². The van der Waals surface area contributed by atoms with E-state index in [1.807, 2.05) is 0 Å². The highest BCUT2D eigenvalue weighted by atomic mass is 35.5. The minimum atomic E-state index is -0.681. The van der Waals surface area contributed by atoms with Crippen molar-refractivity contribution >= 4 is 58.6 Å². The smallest absolute Gasteiger partial charge is 0.411 e. The standard InChI is InChI=1S/C27H23Cl3N10O3/c1-14-23(29)19(37-36-14)12-20(26-34-24(25(30)35-26)15-3-7-18(8-4-15)32-27(42)43-2)33-22(41)10-5-16-11-17(28)6-9-21(16)40-13-31-38-39-40/h3-11,13,20H,12H2,1-2H3,(H,32,42)(H,33,41)(H,34,35)(H,36,37). The highest BCUT2D eigenvalue weighted by molar-refractivity contribution is 6.32. The topological polar surface area (TPSA) is 168 Å². The Balaban J connectivity index is 1.41. The molecule has 0 radical (unpaired) electrons. The molecular formula is C27H23Cl3N10O3. The number of amides is 2. The lowest BCUT2D eigenvalue weighted by Crippen LogP contribution is -2.29. The molecule has 2 aromatic carbocycles. The van der Waals surface area contributed by atoms with E-state index in [0.29, 0.717) is 55.5 Å². The van der Waals surface area contributed by atoms with Crippen molar-refractivity contribution in [1.29, 1.82) is 0 Å². The van der Waals surface area contributed by atoms with Gasteiger partial charge in [-0.25, -0.2) is 9.78 Å². The van der Waals surface area contributed by atoms with Crippen LogP contribution in [0.15, 0.2) is 54.9 Å². The van der Waals surface area contributed by atoms with Gasteiger partial charge in [0.2, 0.25) is 5.91 Å². The number of hydrogen-bond acceptors (Lipinski definition) is 8. The maximum atomic E-state index is 13.2. The van der Waals surface area contributed by atoms with Crippen molar-refractivity contribution in [3.8, 4) is 16.9 Å². The van der Waals surface area contributed by atoms with Crippen LogP contribution in [0.1, 0.15) is 28.8 Å². The third-order valence-electron chi connectivity index (χ3n) is 6.26. The summed E-state index contributed by atoms with van der Waals surface area (Å²) in [5, 5.41) is 25.0. The molecule has 0 aliphatic heterocycles. The zero-order chi connectivity index (χ0) is 30.5. The number of benzene rings is 2. The molecule has 2 amide bonds. The Morgan fingerprint density at radius 2 is 1.93 bits per heavy atom. The number of aryl methyl sites for hydroxylation is 1. The zero-order valence-corrected chi connectivity index (χ0v) is 24.9. The van der Waals surface area contributed by atoms with E-state index in [1.54, 1.807) is 55.5 Å². The molecule has 3 aromatic heterocycles. The van der Waals surface area contributed by atoms with Gasteiger partial charge in [0.15, 0.2) is 0 Å². The molecule has 16 heteroatoms. The summed E-state index contributed by atoms with van der Waals surface area (Å²) < 4.78 is 6.08. The molecule has 0 saturated heterocycles. The summed E-state index contributed by atoms with van der Waals surface area (Å²) in [5.74, 6) is -0.0359. The number of methoxy groups -OCH3 is 1. The maximum Gasteiger partial charge on any atom is 0.411 e. The van der Waals surface area contributed by atoms with Crippen molar-refractivity contribution in [2.24, 2.45) is 0 Å². The number of aromatic amines is 2. The number of halogens is 3. The van der Waals surface area contributed by atoms with Crippen molar-refractivity contribution in [2.45, 2.75) is 19.4 Å². The summed E-state index contributed by atoms with van der Waals surface area (Å²) in [6.45, 7) is 1.77. The van der Waals surface area contributed by atoms with E-state index >= 15 is 0 Å². The van der Waals surface area contributed by atoms with Crippen LogP contribution in [-0.4, -0.2) is 59.5 Å². The SMILES string of the molecule is COC(=O)Nc1ccc(-c2nc(C(Cc3[nH]nc(C)c3Cl)NC(=O)C=Cc3cc(Cl)ccc3-n3cnnn3)[nH]c2Cl)cc1. The van der Waals surface area contributed by atoms with Gasteiger partial charge >= 0.3 is 6.09 Å². The predicted molar refractivity (Wildman–Crippen MR) is 161 cm³/mol. The molecule has 0 fully saturated rings. The molecule has 1 atom stereocenters. The number of anilines is 1. The molecule has 5 aromatic rings. The van der Waals surface area contributed by atoms with Crippen molar-refractivity contribution < 1.29 is 14.3 Å². The second-order valence-electron chi connectivity index (χ2n) is 9.14. The van der Waals surface area contributed by atoms with Gasteiger partial charge in [-0.05, 0) is 53.8 Å². The Kier molecular flexibility index (Phi) is 9.04. The molecule has 220 valence electrons. The van der Waals surface area contributed by atoms with E-state index in [2.05, 4.69) is 46.1 Å². The average Bonchev–Trinajstić information content (AvgIpc) is 3.74. The van der Waals surface area contributed by atoms with Crippen LogP contribution in [0.3, 0.4) is 0 Å². The minimum Gasteiger partial charge on any atom is -0.453 e. The molecule has 0 saturated carbocycles. The number of imidazole rings is 1. The van der Waals surface area contributed by atoms with Crippen molar-refractivity contribution in [3.05, 3.63) is 92.8 Å². The van der Waals surface area contributed by atoms with Crippen LogP contribution in [0, 0.1) is 6.92 Å². The van der Waals surface area contributed by atoms with Gasteiger partial charge in [0.05, 0.1) is 35.2 Å². The van der Waals surface area contributed by atoms with Gasteiger partial charge in [-0.15, -0.1) is 5.10 Å². The number of aromatic nitrogens is 8. The number of carbonyl (C=O) groups is 2. The first kappa shape index (κ1) is 29.8. The lowest BCUT2D eigenvalue weighted by atomic mass is 10.1. The van der Waals surface area contributed by atoms with Crippen LogP contribution in [0.5, 0.6) is 0 Å². The van der Waals surface area contributed by atoms with Gasteiger partial charge in [0.25, 0.3) is 0 Å².